The van der Waals surface area contributed by atoms with Crippen LogP contribution in [0.25, 0.3) is 10.9 Å². The summed E-state index contributed by atoms with van der Waals surface area (Å²) in [6.07, 6.45) is 0. The van der Waals surface area contributed by atoms with Crippen LogP contribution in [0.1, 0.15) is 16.1 Å². The van der Waals surface area contributed by atoms with Crippen molar-refractivity contribution in [2.24, 2.45) is 0 Å². The molecule has 1 aromatic heterocycles. The van der Waals surface area contributed by atoms with E-state index in [0.717, 1.165) is 0 Å². The SMILES string of the molecule is COC(=O)c1c(C)[nH]c2cccc(F)c12. The molecular weight excluding hydrogens is 197 g/mol. The van der Waals surface area contributed by atoms with E-state index in [1.165, 1.54) is 13.2 Å². The molecule has 0 fully saturated rings. The summed E-state index contributed by atoms with van der Waals surface area (Å²) in [6, 6.07) is 4.63. The van der Waals surface area contributed by atoms with Crippen molar-refractivity contribution in [1.29, 1.82) is 0 Å². The van der Waals surface area contributed by atoms with E-state index in [1.54, 1.807) is 19.1 Å². The Morgan fingerprint density at radius 2 is 2.20 bits per heavy atom. The Morgan fingerprint density at radius 3 is 2.87 bits per heavy atom. The predicted octanol–water partition coefficient (Wildman–Crippen LogP) is 2.40. The number of rotatable bonds is 1. The number of hydrogen-bond acceptors (Lipinski definition) is 2. The van der Waals surface area contributed by atoms with Gasteiger partial charge in [0.2, 0.25) is 0 Å². The summed E-state index contributed by atoms with van der Waals surface area (Å²) in [7, 11) is 1.28. The number of aromatic nitrogens is 1. The third-order valence-corrected chi connectivity index (χ3v) is 2.35. The minimum Gasteiger partial charge on any atom is -0.465 e. The third kappa shape index (κ3) is 1.38. The second kappa shape index (κ2) is 3.38. The second-order valence-electron chi connectivity index (χ2n) is 3.28. The predicted molar refractivity (Wildman–Crippen MR) is 54.3 cm³/mol. The standard InChI is InChI=1S/C11H10FNO2/c1-6-9(11(14)15-2)10-7(12)4-3-5-8(10)13-6/h3-5,13H,1-2H3. The van der Waals surface area contributed by atoms with Crippen LogP contribution in [0.2, 0.25) is 0 Å². The number of benzene rings is 1. The van der Waals surface area contributed by atoms with Crippen LogP contribution in [0, 0.1) is 12.7 Å². The van der Waals surface area contributed by atoms with E-state index in [0.29, 0.717) is 16.6 Å². The zero-order valence-corrected chi connectivity index (χ0v) is 8.43. The van der Waals surface area contributed by atoms with Crippen LogP contribution in [0.3, 0.4) is 0 Å². The van der Waals surface area contributed by atoms with Gasteiger partial charge in [0.1, 0.15) is 5.82 Å². The van der Waals surface area contributed by atoms with Gasteiger partial charge in [-0.15, -0.1) is 0 Å². The lowest BCUT2D eigenvalue weighted by molar-refractivity contribution is 0.0602. The average Bonchev–Trinajstić information content (AvgIpc) is 2.55. The molecule has 2 aromatic rings. The summed E-state index contributed by atoms with van der Waals surface area (Å²) in [5, 5.41) is 0.293. The minimum absolute atomic E-state index is 0.269. The highest BCUT2D eigenvalue weighted by molar-refractivity contribution is 6.05. The lowest BCUT2D eigenvalue weighted by Gasteiger charge is -1.99. The number of H-pyrrole nitrogens is 1. The maximum Gasteiger partial charge on any atom is 0.340 e. The number of carbonyl (C=O) groups excluding carboxylic acids is 1. The molecule has 0 aliphatic carbocycles. The Morgan fingerprint density at radius 1 is 1.47 bits per heavy atom. The third-order valence-electron chi connectivity index (χ3n) is 2.35. The highest BCUT2D eigenvalue weighted by atomic mass is 19.1. The molecule has 78 valence electrons. The van der Waals surface area contributed by atoms with Gasteiger partial charge in [-0.3, -0.25) is 0 Å². The zero-order valence-electron chi connectivity index (χ0n) is 8.43. The molecule has 0 spiro atoms. The summed E-state index contributed by atoms with van der Waals surface area (Å²) >= 11 is 0. The van der Waals surface area contributed by atoms with Crippen LogP contribution in [0.5, 0.6) is 0 Å². The zero-order chi connectivity index (χ0) is 11.0. The number of hydrogen-bond donors (Lipinski definition) is 1. The van der Waals surface area contributed by atoms with E-state index in [9.17, 15) is 9.18 Å². The van der Waals surface area contributed by atoms with Gasteiger partial charge in [-0.05, 0) is 19.1 Å². The summed E-state index contributed by atoms with van der Waals surface area (Å²) in [4.78, 5) is 14.4. The molecule has 15 heavy (non-hydrogen) atoms. The second-order valence-corrected chi connectivity index (χ2v) is 3.28. The molecule has 1 N–H and O–H groups in total. The van der Waals surface area contributed by atoms with E-state index in [4.69, 9.17) is 0 Å². The van der Waals surface area contributed by atoms with Crippen molar-refractivity contribution in [3.63, 3.8) is 0 Å². The van der Waals surface area contributed by atoms with Gasteiger partial charge in [-0.2, -0.15) is 0 Å². The molecule has 0 radical (unpaired) electrons. The number of fused-ring (bicyclic) bond motifs is 1. The molecule has 3 nitrogen and oxygen atoms in total. The molecular formula is C11H10FNO2. The molecule has 0 aliphatic rings. The van der Waals surface area contributed by atoms with E-state index in [1.807, 2.05) is 0 Å². The van der Waals surface area contributed by atoms with E-state index >= 15 is 0 Å². The number of esters is 1. The molecule has 2 rings (SSSR count). The molecule has 1 aromatic carbocycles. The topological polar surface area (TPSA) is 42.1 Å². The Bertz CT molecular complexity index is 531. The van der Waals surface area contributed by atoms with Crippen LogP contribution < -0.4 is 0 Å². The van der Waals surface area contributed by atoms with E-state index in [2.05, 4.69) is 9.72 Å². The van der Waals surface area contributed by atoms with Gasteiger partial charge in [-0.1, -0.05) is 6.07 Å². The number of halogens is 1. The molecule has 0 bridgehead atoms. The molecule has 0 amide bonds. The number of methoxy groups -OCH3 is 1. The van der Waals surface area contributed by atoms with Crippen molar-refractivity contribution >= 4 is 16.9 Å². The summed E-state index contributed by atoms with van der Waals surface area (Å²) in [6.45, 7) is 1.71. The lowest BCUT2D eigenvalue weighted by Crippen LogP contribution is -2.02. The molecule has 0 saturated heterocycles. The van der Waals surface area contributed by atoms with Crippen molar-refractivity contribution in [2.75, 3.05) is 7.11 Å². The monoisotopic (exact) mass is 207 g/mol. The molecule has 0 saturated carbocycles. The molecule has 0 aliphatic heterocycles. The first-order chi connectivity index (χ1) is 7.15. The quantitative estimate of drug-likeness (QED) is 0.729. The van der Waals surface area contributed by atoms with Crippen molar-refractivity contribution < 1.29 is 13.9 Å². The Hall–Kier alpha value is -1.84. The fraction of sp³-hybridized carbons (Fsp3) is 0.182. The summed E-state index contributed by atoms with van der Waals surface area (Å²) < 4.78 is 18.1. The number of aryl methyl sites for hydroxylation is 1. The smallest absolute Gasteiger partial charge is 0.340 e. The fourth-order valence-electron chi connectivity index (χ4n) is 1.69. The van der Waals surface area contributed by atoms with Crippen LogP contribution in [0.15, 0.2) is 18.2 Å². The van der Waals surface area contributed by atoms with Crippen LogP contribution in [-0.2, 0) is 4.74 Å². The summed E-state index contributed by atoms with van der Waals surface area (Å²) in [5.41, 5.74) is 1.49. The Kier molecular flexibility index (Phi) is 2.19. The van der Waals surface area contributed by atoms with Crippen LogP contribution in [0.4, 0.5) is 4.39 Å². The number of ether oxygens (including phenoxy) is 1. The Labute approximate surface area is 85.9 Å². The maximum absolute atomic E-state index is 13.5. The van der Waals surface area contributed by atoms with Gasteiger partial charge in [0.05, 0.1) is 18.1 Å². The van der Waals surface area contributed by atoms with Gasteiger partial charge in [0, 0.05) is 11.2 Å². The van der Waals surface area contributed by atoms with Crippen molar-refractivity contribution in [1.82, 2.24) is 4.98 Å². The van der Waals surface area contributed by atoms with Gasteiger partial charge < -0.3 is 9.72 Å². The Balaban J connectivity index is 2.82. The van der Waals surface area contributed by atoms with Crippen molar-refractivity contribution in [3.8, 4) is 0 Å². The normalized spacial score (nSPS) is 10.6. The van der Waals surface area contributed by atoms with Gasteiger partial charge >= 0.3 is 5.97 Å². The first-order valence-corrected chi connectivity index (χ1v) is 4.50. The number of aromatic amines is 1. The first-order valence-electron chi connectivity index (χ1n) is 4.50. The lowest BCUT2D eigenvalue weighted by atomic mass is 10.1. The highest BCUT2D eigenvalue weighted by Crippen LogP contribution is 2.25. The van der Waals surface area contributed by atoms with Crippen LogP contribution >= 0.6 is 0 Å². The number of carbonyl (C=O) groups is 1. The minimum atomic E-state index is -0.524. The van der Waals surface area contributed by atoms with Gasteiger partial charge in [0.15, 0.2) is 0 Å². The van der Waals surface area contributed by atoms with Gasteiger partial charge in [0.25, 0.3) is 0 Å². The van der Waals surface area contributed by atoms with Crippen molar-refractivity contribution in [3.05, 3.63) is 35.3 Å². The molecule has 0 atom stereocenters. The fourth-order valence-corrected chi connectivity index (χ4v) is 1.69. The number of nitrogens with one attached hydrogen (secondary N) is 1. The van der Waals surface area contributed by atoms with Gasteiger partial charge in [-0.25, -0.2) is 9.18 Å². The molecule has 1 heterocycles. The summed E-state index contributed by atoms with van der Waals surface area (Å²) in [5.74, 6) is -0.943. The van der Waals surface area contributed by atoms with Crippen molar-refractivity contribution in [2.45, 2.75) is 6.92 Å². The molecule has 0 unspecified atom stereocenters. The maximum atomic E-state index is 13.5. The van der Waals surface area contributed by atoms with Crippen LogP contribution in [-0.4, -0.2) is 18.1 Å². The van der Waals surface area contributed by atoms with E-state index in [-0.39, 0.29) is 5.56 Å². The first kappa shape index (κ1) is 9.71. The largest absolute Gasteiger partial charge is 0.465 e. The highest BCUT2D eigenvalue weighted by Gasteiger charge is 2.18. The average molecular weight is 207 g/mol. The van der Waals surface area contributed by atoms with E-state index < -0.39 is 11.8 Å². The molecule has 4 heteroatoms.